The Kier molecular flexibility index (Phi) is 6.20. The van der Waals surface area contributed by atoms with Gasteiger partial charge in [-0.05, 0) is 37.1 Å². The first-order valence-corrected chi connectivity index (χ1v) is 8.30. The summed E-state index contributed by atoms with van der Waals surface area (Å²) in [5.41, 5.74) is 0.639. The smallest absolute Gasteiger partial charge is 0.243 e. The molecular formula is C17H22ClN3O3. The van der Waals surface area contributed by atoms with E-state index in [4.69, 9.17) is 11.6 Å². The Labute approximate surface area is 146 Å². The molecule has 0 spiro atoms. The predicted octanol–water partition coefficient (Wildman–Crippen LogP) is 2.00. The fourth-order valence-corrected chi connectivity index (χ4v) is 2.91. The van der Waals surface area contributed by atoms with E-state index >= 15 is 0 Å². The van der Waals surface area contributed by atoms with Gasteiger partial charge in [0.15, 0.2) is 0 Å². The topological polar surface area (TPSA) is 69.7 Å². The van der Waals surface area contributed by atoms with E-state index in [2.05, 4.69) is 5.32 Å². The van der Waals surface area contributed by atoms with E-state index in [1.807, 2.05) is 0 Å². The number of hydrogen-bond acceptors (Lipinski definition) is 3. The molecule has 0 atom stereocenters. The van der Waals surface area contributed by atoms with Crippen LogP contribution in [0.1, 0.15) is 19.8 Å². The van der Waals surface area contributed by atoms with Crippen LogP contribution in [0.3, 0.4) is 0 Å². The molecule has 130 valence electrons. The first kappa shape index (κ1) is 18.3. The van der Waals surface area contributed by atoms with Crippen molar-refractivity contribution in [2.45, 2.75) is 19.8 Å². The summed E-state index contributed by atoms with van der Waals surface area (Å²) >= 11 is 5.80. The molecule has 1 heterocycles. The van der Waals surface area contributed by atoms with Gasteiger partial charge in [-0.25, -0.2) is 0 Å². The van der Waals surface area contributed by atoms with Crippen molar-refractivity contribution >= 4 is 35.0 Å². The Morgan fingerprint density at radius 1 is 1.21 bits per heavy atom. The van der Waals surface area contributed by atoms with Crippen LogP contribution in [0, 0.1) is 5.92 Å². The summed E-state index contributed by atoms with van der Waals surface area (Å²) in [7, 11) is 1.63. The molecule has 2 rings (SSSR count). The number of carbonyl (C=O) groups excluding carboxylic acids is 3. The molecule has 1 aromatic rings. The molecule has 1 fully saturated rings. The van der Waals surface area contributed by atoms with Crippen molar-refractivity contribution in [3.05, 3.63) is 29.3 Å². The molecule has 6 nitrogen and oxygen atoms in total. The van der Waals surface area contributed by atoms with Crippen molar-refractivity contribution in [1.82, 2.24) is 9.80 Å². The van der Waals surface area contributed by atoms with Gasteiger partial charge in [-0.2, -0.15) is 0 Å². The normalized spacial score (nSPS) is 15.0. The molecule has 1 aliphatic heterocycles. The molecular weight excluding hydrogens is 330 g/mol. The number of halogens is 1. The van der Waals surface area contributed by atoms with Gasteiger partial charge in [-0.3, -0.25) is 14.4 Å². The van der Waals surface area contributed by atoms with Gasteiger partial charge in [0.05, 0.1) is 6.54 Å². The Morgan fingerprint density at radius 2 is 1.79 bits per heavy atom. The average Bonchev–Trinajstić information content (AvgIpc) is 2.56. The molecule has 3 amide bonds. The molecule has 0 unspecified atom stereocenters. The Morgan fingerprint density at radius 3 is 2.33 bits per heavy atom. The zero-order chi connectivity index (χ0) is 17.7. The van der Waals surface area contributed by atoms with Crippen LogP contribution in [0.2, 0.25) is 5.02 Å². The van der Waals surface area contributed by atoms with Crippen LogP contribution in [-0.4, -0.2) is 54.2 Å². The third-order valence-electron chi connectivity index (χ3n) is 4.17. The minimum Gasteiger partial charge on any atom is -0.343 e. The van der Waals surface area contributed by atoms with Crippen molar-refractivity contribution in [3.8, 4) is 0 Å². The quantitative estimate of drug-likeness (QED) is 0.902. The fraction of sp³-hybridized carbons (Fsp3) is 0.471. The molecule has 7 heteroatoms. The number of rotatable bonds is 4. The monoisotopic (exact) mass is 351 g/mol. The first-order valence-electron chi connectivity index (χ1n) is 7.92. The SMILES string of the molecule is CC(=O)N1CCC(C(=O)N(C)CC(=O)Nc2ccc(Cl)cc2)CC1. The molecule has 1 aromatic carbocycles. The summed E-state index contributed by atoms with van der Waals surface area (Å²) in [6, 6.07) is 6.79. The van der Waals surface area contributed by atoms with Crippen molar-refractivity contribution in [2.24, 2.45) is 5.92 Å². The van der Waals surface area contributed by atoms with E-state index in [1.54, 1.807) is 36.2 Å². The van der Waals surface area contributed by atoms with Crippen LogP contribution < -0.4 is 5.32 Å². The van der Waals surface area contributed by atoms with Crippen LogP contribution in [0.15, 0.2) is 24.3 Å². The Hall–Kier alpha value is -2.08. The highest BCUT2D eigenvalue weighted by Gasteiger charge is 2.28. The number of carbonyl (C=O) groups is 3. The largest absolute Gasteiger partial charge is 0.343 e. The minimum atomic E-state index is -0.255. The number of nitrogens with one attached hydrogen (secondary N) is 1. The highest BCUT2D eigenvalue weighted by molar-refractivity contribution is 6.30. The summed E-state index contributed by atoms with van der Waals surface area (Å²) in [6.45, 7) is 2.72. The Balaban J connectivity index is 1.82. The van der Waals surface area contributed by atoms with Gasteiger partial charge < -0.3 is 15.1 Å². The number of nitrogens with zero attached hydrogens (tertiary/aromatic N) is 2. The van der Waals surface area contributed by atoms with Crippen molar-refractivity contribution in [1.29, 1.82) is 0 Å². The summed E-state index contributed by atoms with van der Waals surface area (Å²) in [5, 5.41) is 3.33. The van der Waals surface area contributed by atoms with E-state index in [9.17, 15) is 14.4 Å². The molecule has 0 radical (unpaired) electrons. The number of hydrogen-bond donors (Lipinski definition) is 1. The van der Waals surface area contributed by atoms with Crippen molar-refractivity contribution in [2.75, 3.05) is 32.0 Å². The lowest BCUT2D eigenvalue weighted by Gasteiger charge is -2.32. The molecule has 1 N–H and O–H groups in total. The molecule has 0 bridgehead atoms. The van der Waals surface area contributed by atoms with Gasteiger partial charge in [0.1, 0.15) is 0 Å². The van der Waals surface area contributed by atoms with E-state index in [0.29, 0.717) is 36.6 Å². The number of likely N-dealkylation sites (tertiary alicyclic amines) is 1. The zero-order valence-electron chi connectivity index (χ0n) is 13.9. The van der Waals surface area contributed by atoms with Crippen molar-refractivity contribution < 1.29 is 14.4 Å². The second-order valence-electron chi connectivity index (χ2n) is 6.03. The zero-order valence-corrected chi connectivity index (χ0v) is 14.7. The number of anilines is 1. The maximum atomic E-state index is 12.4. The van der Waals surface area contributed by atoms with Crippen LogP contribution in [-0.2, 0) is 14.4 Å². The number of piperidine rings is 1. The lowest BCUT2D eigenvalue weighted by Crippen LogP contribution is -2.44. The highest BCUT2D eigenvalue weighted by atomic mass is 35.5. The van der Waals surface area contributed by atoms with E-state index in [0.717, 1.165) is 0 Å². The second-order valence-corrected chi connectivity index (χ2v) is 6.47. The fourth-order valence-electron chi connectivity index (χ4n) is 2.78. The Bertz CT molecular complexity index is 610. The van der Waals surface area contributed by atoms with Gasteiger partial charge >= 0.3 is 0 Å². The summed E-state index contributed by atoms with van der Waals surface area (Å²) in [6.07, 6.45) is 1.28. The molecule has 0 aromatic heterocycles. The molecule has 0 saturated carbocycles. The van der Waals surface area contributed by atoms with E-state index in [-0.39, 0.29) is 30.2 Å². The second kappa shape index (κ2) is 8.15. The number of amides is 3. The van der Waals surface area contributed by atoms with Crippen LogP contribution in [0.4, 0.5) is 5.69 Å². The van der Waals surface area contributed by atoms with Crippen molar-refractivity contribution in [3.63, 3.8) is 0 Å². The van der Waals surface area contributed by atoms with Crippen LogP contribution in [0.25, 0.3) is 0 Å². The molecule has 1 saturated heterocycles. The van der Waals surface area contributed by atoms with E-state index in [1.165, 1.54) is 11.8 Å². The van der Waals surface area contributed by atoms with Crippen LogP contribution in [0.5, 0.6) is 0 Å². The summed E-state index contributed by atoms with van der Waals surface area (Å²) in [5.74, 6) is -0.399. The maximum Gasteiger partial charge on any atom is 0.243 e. The van der Waals surface area contributed by atoms with Gasteiger partial charge in [-0.15, -0.1) is 0 Å². The summed E-state index contributed by atoms with van der Waals surface area (Å²) in [4.78, 5) is 39.0. The van der Waals surface area contributed by atoms with Gasteiger partial charge in [0.25, 0.3) is 0 Å². The lowest BCUT2D eigenvalue weighted by atomic mass is 9.95. The number of likely N-dealkylation sites (N-methyl/N-ethyl adjacent to an activating group) is 1. The standard InChI is InChI=1S/C17H22ClN3O3/c1-12(22)21-9-7-13(8-10-21)17(24)20(2)11-16(23)19-15-5-3-14(18)4-6-15/h3-6,13H,7-11H2,1-2H3,(H,19,23). The third-order valence-corrected chi connectivity index (χ3v) is 4.43. The lowest BCUT2D eigenvalue weighted by molar-refractivity contribution is -0.140. The van der Waals surface area contributed by atoms with Gasteiger partial charge in [0.2, 0.25) is 17.7 Å². The highest BCUT2D eigenvalue weighted by Crippen LogP contribution is 2.19. The molecule has 24 heavy (non-hydrogen) atoms. The van der Waals surface area contributed by atoms with E-state index < -0.39 is 0 Å². The van der Waals surface area contributed by atoms with Gasteiger partial charge in [-0.1, -0.05) is 11.6 Å². The summed E-state index contributed by atoms with van der Waals surface area (Å²) < 4.78 is 0. The number of benzene rings is 1. The van der Waals surface area contributed by atoms with Gasteiger partial charge in [0, 0.05) is 43.7 Å². The minimum absolute atomic E-state index is 0.00557. The molecule has 1 aliphatic rings. The predicted molar refractivity (Wildman–Crippen MR) is 92.7 cm³/mol. The molecule has 0 aliphatic carbocycles. The third kappa shape index (κ3) is 4.96. The first-order chi connectivity index (χ1) is 11.4. The average molecular weight is 352 g/mol. The maximum absolute atomic E-state index is 12.4. The van der Waals surface area contributed by atoms with Crippen LogP contribution >= 0.6 is 11.6 Å².